The van der Waals surface area contributed by atoms with E-state index < -0.39 is 120 Å². The van der Waals surface area contributed by atoms with E-state index in [0.717, 1.165) is 49.0 Å². The first-order valence-corrected chi connectivity index (χ1v) is 28.3. The fourth-order valence-corrected chi connectivity index (χ4v) is 10.7. The zero-order valence-corrected chi connectivity index (χ0v) is 43.1. The third-order valence-electron chi connectivity index (χ3n) is 12.6. The number of anilines is 1. The van der Waals surface area contributed by atoms with E-state index in [2.05, 4.69) is 23.1 Å². The summed E-state index contributed by atoms with van der Waals surface area (Å²) in [4.78, 5) is 64.1. The quantitative estimate of drug-likeness (QED) is 0.0290. The monoisotopic (exact) mass is 1040 g/mol. The third kappa shape index (κ3) is 23.9. The van der Waals surface area contributed by atoms with Gasteiger partial charge in [0.1, 0.15) is 30.9 Å². The number of aliphatic hydroxyl groups excluding tert-OH is 5. The van der Waals surface area contributed by atoms with E-state index in [1.54, 1.807) is 0 Å². The first-order valence-electron chi connectivity index (χ1n) is 25.3. The van der Waals surface area contributed by atoms with Crippen LogP contribution >= 0.6 is 15.6 Å². The second-order valence-corrected chi connectivity index (χ2v) is 22.2. The highest BCUT2D eigenvalue weighted by atomic mass is 31.3. The number of fused-ring (bicyclic) bond motifs is 3. The molecular formula is C47H83N3O18P2. The van der Waals surface area contributed by atoms with E-state index in [-0.39, 0.29) is 25.1 Å². The van der Waals surface area contributed by atoms with Gasteiger partial charge in [0.2, 0.25) is 0 Å². The molecular weight excluding hydrogens is 956 g/mol. The van der Waals surface area contributed by atoms with Gasteiger partial charge >= 0.3 is 33.3 Å². The molecule has 21 nitrogen and oxygen atoms in total. The Morgan fingerprint density at radius 3 is 2.16 bits per heavy atom. The van der Waals surface area contributed by atoms with E-state index in [4.69, 9.17) is 29.0 Å². The number of hydrogen-bond acceptors (Lipinski definition) is 18. The number of carbonyl (C=O) groups is 2. The van der Waals surface area contributed by atoms with Crippen LogP contribution < -0.4 is 11.4 Å². The molecule has 2 fully saturated rings. The van der Waals surface area contributed by atoms with Gasteiger partial charge in [0.15, 0.2) is 6.10 Å². The van der Waals surface area contributed by atoms with Crippen molar-refractivity contribution in [1.82, 2.24) is 9.55 Å². The predicted octanol–water partition coefficient (Wildman–Crippen LogP) is 6.29. The standard InChI is InChI=1S/C47H83N3O18P2/c1-4-5-15-21-34(51)25-26-36-38(52)29-39(53)37-22-17-13-14-19-24-43(55)66-35(30-63-42(54)23-18-12-10-8-6-7-9-11-16-20-33(2)3)31-64-69(59,60)68-70(61,62)65-32-40(45(57)44(36)56)67-46(37)50-28-27-41(48)49-47(50)58/h25-28,33-40,44-46,51-53,56-57H,4-24,29-32H2,1-3H3,(H,59,60)(H,61,62)(H2,48,49,58)/b26-25-/t34-,35+,36-,37-,38+,39-,40+,44-,45+,46+/m0/s1. The van der Waals surface area contributed by atoms with Gasteiger partial charge in [-0.3, -0.25) is 23.2 Å². The number of aromatic nitrogens is 2. The number of unbranched alkanes of at least 4 members (excludes halogenated alkanes) is 10. The van der Waals surface area contributed by atoms with Gasteiger partial charge in [0, 0.05) is 37.3 Å². The molecule has 70 heavy (non-hydrogen) atoms. The Morgan fingerprint density at radius 2 is 1.50 bits per heavy atom. The summed E-state index contributed by atoms with van der Waals surface area (Å²) in [5, 5.41) is 57.4. The normalized spacial score (nSPS) is 31.0. The lowest BCUT2D eigenvalue weighted by molar-refractivity contribution is -0.195. The molecule has 3 heterocycles. The fourth-order valence-electron chi connectivity index (χ4n) is 8.57. The van der Waals surface area contributed by atoms with Crippen LogP contribution in [0.5, 0.6) is 0 Å². The van der Waals surface area contributed by atoms with Gasteiger partial charge in [-0.1, -0.05) is 129 Å². The van der Waals surface area contributed by atoms with Crippen molar-refractivity contribution in [2.75, 3.05) is 25.6 Å². The summed E-state index contributed by atoms with van der Waals surface area (Å²) < 4.78 is 59.0. The molecule has 0 aliphatic carbocycles. The van der Waals surface area contributed by atoms with Gasteiger partial charge in [-0.2, -0.15) is 9.29 Å². The van der Waals surface area contributed by atoms with Crippen LogP contribution in [0.4, 0.5) is 5.82 Å². The number of cyclic esters (lactones) is 1. The Kier molecular flexibility index (Phi) is 28.7. The number of aliphatic hydroxyl groups is 5. The predicted molar refractivity (Wildman–Crippen MR) is 259 cm³/mol. The van der Waals surface area contributed by atoms with Crippen LogP contribution in [0.2, 0.25) is 0 Å². The molecule has 3 rings (SSSR count). The van der Waals surface area contributed by atoms with Gasteiger partial charge < -0.3 is 55.3 Å². The zero-order chi connectivity index (χ0) is 51.7. The Bertz CT molecular complexity index is 1860. The topological polar surface area (TPSA) is 326 Å². The third-order valence-corrected chi connectivity index (χ3v) is 15.2. The highest BCUT2D eigenvalue weighted by Crippen LogP contribution is 2.60. The summed E-state index contributed by atoms with van der Waals surface area (Å²) in [6, 6.07) is 1.26. The Balaban J connectivity index is 1.82. The van der Waals surface area contributed by atoms with Gasteiger partial charge in [-0.05, 0) is 37.7 Å². The van der Waals surface area contributed by atoms with Crippen molar-refractivity contribution in [3.8, 4) is 0 Å². The Hall–Kier alpha value is -2.62. The fraction of sp³-hybridized carbons (Fsp3) is 0.830. The van der Waals surface area contributed by atoms with Crippen LogP contribution in [0.1, 0.15) is 168 Å². The minimum atomic E-state index is -5.69. The van der Waals surface area contributed by atoms with Crippen molar-refractivity contribution in [2.45, 2.75) is 211 Å². The molecule has 12 atom stereocenters. The summed E-state index contributed by atoms with van der Waals surface area (Å²) in [7, 11) is -11.3. The molecule has 9 N–H and O–H groups in total. The summed E-state index contributed by atoms with van der Waals surface area (Å²) in [5.41, 5.74) is 4.81. The number of rotatable bonds is 21. The molecule has 0 spiro atoms. The number of ether oxygens (including phenoxy) is 3. The van der Waals surface area contributed by atoms with Crippen molar-refractivity contribution in [2.24, 2.45) is 17.8 Å². The van der Waals surface area contributed by atoms with Crippen LogP contribution in [0.3, 0.4) is 0 Å². The maximum Gasteiger partial charge on any atom is 0.481 e. The summed E-state index contributed by atoms with van der Waals surface area (Å²) in [6.07, 6.45) is 5.54. The van der Waals surface area contributed by atoms with Crippen LogP contribution in [0.15, 0.2) is 29.2 Å². The van der Waals surface area contributed by atoms with Crippen molar-refractivity contribution in [3.05, 3.63) is 34.9 Å². The van der Waals surface area contributed by atoms with Crippen LogP contribution in [-0.4, -0.2) is 119 Å². The molecule has 2 saturated heterocycles. The lowest BCUT2D eigenvalue weighted by atomic mass is 9.82. The second kappa shape index (κ2) is 32.5. The van der Waals surface area contributed by atoms with Gasteiger partial charge in [-0.15, -0.1) is 0 Å². The average molecular weight is 1040 g/mol. The Morgan fingerprint density at radius 1 is 0.871 bits per heavy atom. The molecule has 2 aliphatic rings. The van der Waals surface area contributed by atoms with Crippen molar-refractivity contribution < 1.29 is 81.6 Å². The highest BCUT2D eigenvalue weighted by Gasteiger charge is 2.45. The second-order valence-electron chi connectivity index (χ2n) is 19.1. The van der Waals surface area contributed by atoms with E-state index in [1.807, 2.05) is 6.92 Å². The molecule has 0 amide bonds. The zero-order valence-electron chi connectivity index (χ0n) is 41.3. The average Bonchev–Trinajstić information content (AvgIpc) is 3.28. The first kappa shape index (κ1) is 61.7. The molecule has 0 saturated carbocycles. The molecule has 404 valence electrons. The minimum Gasteiger partial charge on any atom is -0.462 e. The lowest BCUT2D eigenvalue weighted by Crippen LogP contribution is -2.52. The SMILES string of the molecule is CCCCC[C@H](O)/C=C\[C@@H]1[C@H](O)[C@H](O)[C@H]2COP(=O)(O)OP(=O)(O)OC[C@@H](COC(=O)CCCCCCCCCCCC(C)C)OC(=O)CCCCCC[C@H]([C@H](n3ccc(N)nc3=O)O2)[C@@H](O)C[C@H]1O. The number of carbonyl (C=O) groups excluding carboxylic acids is 2. The largest absolute Gasteiger partial charge is 0.481 e. The number of nitrogen functional groups attached to an aromatic ring is 1. The van der Waals surface area contributed by atoms with Crippen molar-refractivity contribution in [3.63, 3.8) is 0 Å². The maximum atomic E-state index is 13.3. The van der Waals surface area contributed by atoms with Crippen LogP contribution in [0, 0.1) is 17.8 Å². The molecule has 2 aliphatic heterocycles. The van der Waals surface area contributed by atoms with E-state index in [1.165, 1.54) is 56.5 Å². The number of phosphoric ester groups is 2. The molecule has 0 aromatic carbocycles. The summed E-state index contributed by atoms with van der Waals surface area (Å²) in [6.45, 7) is 3.80. The molecule has 0 radical (unpaired) electrons. The molecule has 1 aromatic heterocycles. The molecule has 2 bridgehead atoms. The lowest BCUT2D eigenvalue weighted by Gasteiger charge is -2.41. The number of phosphoric acid groups is 2. The maximum absolute atomic E-state index is 13.3. The van der Waals surface area contributed by atoms with E-state index in [0.29, 0.717) is 44.9 Å². The van der Waals surface area contributed by atoms with E-state index in [9.17, 15) is 58.8 Å². The molecule has 2 unspecified atom stereocenters. The van der Waals surface area contributed by atoms with Crippen LogP contribution in [-0.2, 0) is 46.3 Å². The van der Waals surface area contributed by atoms with E-state index >= 15 is 0 Å². The van der Waals surface area contributed by atoms with Crippen molar-refractivity contribution >= 4 is 33.4 Å². The highest BCUT2D eigenvalue weighted by molar-refractivity contribution is 7.61. The summed E-state index contributed by atoms with van der Waals surface area (Å²) >= 11 is 0. The van der Waals surface area contributed by atoms with Gasteiger partial charge in [0.25, 0.3) is 0 Å². The first-order chi connectivity index (χ1) is 33.2. The number of nitrogens with two attached hydrogens (primary N) is 1. The Labute approximate surface area is 412 Å². The minimum absolute atomic E-state index is 0.0895. The van der Waals surface area contributed by atoms with Gasteiger partial charge in [0.05, 0.1) is 37.6 Å². The van der Waals surface area contributed by atoms with Crippen molar-refractivity contribution in [1.29, 1.82) is 0 Å². The number of hydrogen-bond donors (Lipinski definition) is 8. The van der Waals surface area contributed by atoms with Gasteiger partial charge in [-0.25, -0.2) is 13.9 Å². The molecule has 1 aromatic rings. The smallest absolute Gasteiger partial charge is 0.462 e. The molecule has 23 heteroatoms. The number of nitrogens with zero attached hydrogens (tertiary/aromatic N) is 2. The number of esters is 2. The van der Waals surface area contributed by atoms with Crippen LogP contribution in [0.25, 0.3) is 0 Å². The summed E-state index contributed by atoms with van der Waals surface area (Å²) in [5.74, 6) is -3.24.